The fourth-order valence-corrected chi connectivity index (χ4v) is 0.990. The number of nitrogens with zero attached hydrogens (tertiary/aromatic N) is 1. The van der Waals surface area contributed by atoms with Gasteiger partial charge in [-0.25, -0.2) is 0 Å². The zero-order chi connectivity index (χ0) is 8.65. The molecule has 1 aromatic heterocycles. The third-order valence-corrected chi connectivity index (χ3v) is 1.61. The number of hydrogen-bond donors (Lipinski definition) is 2. The third kappa shape index (κ3) is 3.46. The van der Waals surface area contributed by atoms with Crippen molar-refractivity contribution in [3.05, 3.63) is 30.1 Å². The molecule has 3 N–H and O–H groups in total. The van der Waals surface area contributed by atoms with Gasteiger partial charge in [0.05, 0.1) is 0 Å². The number of nitrogens with one attached hydrogen (secondary N) is 1. The Morgan fingerprint density at radius 1 is 1.33 bits per heavy atom. The second kappa shape index (κ2) is 5.69. The van der Waals surface area contributed by atoms with Crippen LogP contribution in [0.2, 0.25) is 0 Å². The first kappa shape index (κ1) is 9.16. The predicted molar refractivity (Wildman–Crippen MR) is 49.9 cm³/mol. The quantitative estimate of drug-likeness (QED) is 0.612. The maximum Gasteiger partial charge on any atom is 0.0416 e. The summed E-state index contributed by atoms with van der Waals surface area (Å²) in [4.78, 5) is 4.21. The van der Waals surface area contributed by atoms with Crippen LogP contribution in [0, 0.1) is 0 Å². The molecular weight excluding hydrogens is 150 g/mol. The highest BCUT2D eigenvalue weighted by atomic mass is 14.9. The van der Waals surface area contributed by atoms with Gasteiger partial charge in [0.1, 0.15) is 0 Å². The SMILES string of the molecule is NCCNCCc1ccccn1. The van der Waals surface area contributed by atoms with Crippen molar-refractivity contribution < 1.29 is 0 Å². The monoisotopic (exact) mass is 165 g/mol. The number of nitrogens with two attached hydrogens (primary N) is 1. The Morgan fingerprint density at radius 3 is 2.92 bits per heavy atom. The van der Waals surface area contributed by atoms with Gasteiger partial charge in [0.25, 0.3) is 0 Å². The summed E-state index contributed by atoms with van der Waals surface area (Å²) < 4.78 is 0. The normalized spacial score (nSPS) is 10.1. The summed E-state index contributed by atoms with van der Waals surface area (Å²) in [6, 6.07) is 5.96. The molecule has 0 spiro atoms. The number of pyridine rings is 1. The van der Waals surface area contributed by atoms with Gasteiger partial charge in [-0.15, -0.1) is 0 Å². The van der Waals surface area contributed by atoms with Crippen LogP contribution in [0.1, 0.15) is 5.69 Å². The molecule has 0 amide bonds. The summed E-state index contributed by atoms with van der Waals surface area (Å²) in [7, 11) is 0. The minimum atomic E-state index is 0.697. The van der Waals surface area contributed by atoms with E-state index in [0.29, 0.717) is 6.54 Å². The Balaban J connectivity index is 2.16. The van der Waals surface area contributed by atoms with Crippen molar-refractivity contribution >= 4 is 0 Å². The minimum Gasteiger partial charge on any atom is -0.329 e. The molecule has 0 aliphatic heterocycles. The standard InChI is InChI=1S/C9H15N3/c10-5-8-11-7-4-9-3-1-2-6-12-9/h1-3,6,11H,4-5,7-8,10H2. The molecule has 0 saturated heterocycles. The van der Waals surface area contributed by atoms with Crippen LogP contribution in [0.3, 0.4) is 0 Å². The molecular formula is C9H15N3. The molecule has 3 nitrogen and oxygen atoms in total. The van der Waals surface area contributed by atoms with Gasteiger partial charge in [0, 0.05) is 37.9 Å². The van der Waals surface area contributed by atoms with Gasteiger partial charge in [-0.3, -0.25) is 4.98 Å². The first-order chi connectivity index (χ1) is 5.93. The van der Waals surface area contributed by atoms with Crippen molar-refractivity contribution in [1.29, 1.82) is 0 Å². The summed E-state index contributed by atoms with van der Waals surface area (Å²) in [6.07, 6.45) is 2.79. The highest BCUT2D eigenvalue weighted by Gasteiger charge is 1.90. The molecule has 0 aromatic carbocycles. The average Bonchev–Trinajstić information content (AvgIpc) is 2.14. The summed E-state index contributed by atoms with van der Waals surface area (Å²) in [5.41, 5.74) is 6.46. The van der Waals surface area contributed by atoms with Crippen LogP contribution in [0.15, 0.2) is 24.4 Å². The fourth-order valence-electron chi connectivity index (χ4n) is 0.990. The van der Waals surface area contributed by atoms with Gasteiger partial charge in [-0.05, 0) is 12.1 Å². The van der Waals surface area contributed by atoms with Crippen LogP contribution in [0.5, 0.6) is 0 Å². The first-order valence-electron chi connectivity index (χ1n) is 4.24. The van der Waals surface area contributed by atoms with Crippen molar-refractivity contribution in [3.63, 3.8) is 0 Å². The van der Waals surface area contributed by atoms with Crippen LogP contribution in [-0.4, -0.2) is 24.6 Å². The fraction of sp³-hybridized carbons (Fsp3) is 0.444. The van der Waals surface area contributed by atoms with E-state index in [1.807, 2.05) is 24.4 Å². The summed E-state index contributed by atoms with van der Waals surface area (Å²) in [5, 5.41) is 3.22. The Labute approximate surface area is 73.0 Å². The number of rotatable bonds is 5. The van der Waals surface area contributed by atoms with Gasteiger partial charge in [0.2, 0.25) is 0 Å². The first-order valence-corrected chi connectivity index (χ1v) is 4.24. The number of aromatic nitrogens is 1. The molecule has 0 atom stereocenters. The van der Waals surface area contributed by atoms with Crippen LogP contribution in [0.25, 0.3) is 0 Å². The molecule has 0 aliphatic carbocycles. The van der Waals surface area contributed by atoms with Crippen molar-refractivity contribution in [2.75, 3.05) is 19.6 Å². The van der Waals surface area contributed by atoms with Crippen molar-refractivity contribution in [2.45, 2.75) is 6.42 Å². The van der Waals surface area contributed by atoms with Crippen LogP contribution in [-0.2, 0) is 6.42 Å². The second-order valence-electron chi connectivity index (χ2n) is 2.61. The predicted octanol–water partition coefficient (Wildman–Crippen LogP) is 0.172. The molecule has 0 bridgehead atoms. The van der Waals surface area contributed by atoms with E-state index >= 15 is 0 Å². The Morgan fingerprint density at radius 2 is 2.25 bits per heavy atom. The Kier molecular flexibility index (Phi) is 4.34. The molecule has 12 heavy (non-hydrogen) atoms. The largest absolute Gasteiger partial charge is 0.329 e. The highest BCUT2D eigenvalue weighted by Crippen LogP contribution is 1.92. The van der Waals surface area contributed by atoms with Gasteiger partial charge in [-0.2, -0.15) is 0 Å². The van der Waals surface area contributed by atoms with E-state index in [9.17, 15) is 0 Å². The maximum absolute atomic E-state index is 5.33. The molecule has 0 radical (unpaired) electrons. The smallest absolute Gasteiger partial charge is 0.0416 e. The molecule has 0 saturated carbocycles. The van der Waals surface area contributed by atoms with E-state index in [1.54, 1.807) is 0 Å². The van der Waals surface area contributed by atoms with Crippen molar-refractivity contribution in [3.8, 4) is 0 Å². The summed E-state index contributed by atoms with van der Waals surface area (Å²) >= 11 is 0. The highest BCUT2D eigenvalue weighted by molar-refractivity contribution is 5.03. The lowest BCUT2D eigenvalue weighted by Crippen LogP contribution is -2.24. The molecule has 3 heteroatoms. The zero-order valence-corrected chi connectivity index (χ0v) is 7.16. The van der Waals surface area contributed by atoms with Gasteiger partial charge in [0.15, 0.2) is 0 Å². The van der Waals surface area contributed by atoms with Crippen LogP contribution < -0.4 is 11.1 Å². The minimum absolute atomic E-state index is 0.697. The van der Waals surface area contributed by atoms with Crippen molar-refractivity contribution in [2.24, 2.45) is 5.73 Å². The van der Waals surface area contributed by atoms with E-state index in [0.717, 1.165) is 25.2 Å². The van der Waals surface area contributed by atoms with Crippen LogP contribution in [0.4, 0.5) is 0 Å². The number of hydrogen-bond acceptors (Lipinski definition) is 3. The molecule has 1 rings (SSSR count). The van der Waals surface area contributed by atoms with Gasteiger partial charge >= 0.3 is 0 Å². The molecule has 1 heterocycles. The molecule has 0 fully saturated rings. The van der Waals surface area contributed by atoms with Gasteiger partial charge < -0.3 is 11.1 Å². The topological polar surface area (TPSA) is 50.9 Å². The maximum atomic E-state index is 5.33. The average molecular weight is 165 g/mol. The zero-order valence-electron chi connectivity index (χ0n) is 7.16. The van der Waals surface area contributed by atoms with E-state index in [2.05, 4.69) is 10.3 Å². The van der Waals surface area contributed by atoms with E-state index < -0.39 is 0 Å². The third-order valence-electron chi connectivity index (χ3n) is 1.61. The van der Waals surface area contributed by atoms with Crippen molar-refractivity contribution in [1.82, 2.24) is 10.3 Å². The van der Waals surface area contributed by atoms with E-state index in [4.69, 9.17) is 5.73 Å². The second-order valence-corrected chi connectivity index (χ2v) is 2.61. The van der Waals surface area contributed by atoms with E-state index in [1.165, 1.54) is 0 Å². The van der Waals surface area contributed by atoms with Crippen LogP contribution >= 0.6 is 0 Å². The summed E-state index contributed by atoms with van der Waals surface area (Å²) in [6.45, 7) is 2.53. The lowest BCUT2D eigenvalue weighted by molar-refractivity contribution is 0.682. The summed E-state index contributed by atoms with van der Waals surface area (Å²) in [5.74, 6) is 0. The Hall–Kier alpha value is -0.930. The lowest BCUT2D eigenvalue weighted by atomic mass is 10.3. The molecule has 1 aromatic rings. The Bertz CT molecular complexity index is 198. The van der Waals surface area contributed by atoms with E-state index in [-0.39, 0.29) is 0 Å². The molecule has 0 unspecified atom stereocenters. The molecule has 66 valence electrons. The van der Waals surface area contributed by atoms with Gasteiger partial charge in [-0.1, -0.05) is 6.07 Å². The molecule has 0 aliphatic rings. The lowest BCUT2D eigenvalue weighted by Gasteiger charge is -2.01.